The normalized spacial score (nSPS) is 14.1. The number of amides is 1. The van der Waals surface area contributed by atoms with E-state index in [-0.39, 0.29) is 16.7 Å². The fraction of sp³-hybridized carbons (Fsp3) is 0.231. The van der Waals surface area contributed by atoms with Crippen molar-refractivity contribution >= 4 is 40.6 Å². The number of nitrogens with one attached hydrogen (secondary N) is 1. The molecule has 1 saturated heterocycles. The zero-order chi connectivity index (χ0) is 26.1. The average molecular weight is 524 g/mol. The molecule has 5 rings (SSSR count). The lowest BCUT2D eigenvalue weighted by Gasteiger charge is -2.30. The number of nitrogens with zero attached hydrogens (tertiary/aromatic N) is 4. The first kappa shape index (κ1) is 24.5. The van der Waals surface area contributed by atoms with Crippen LogP contribution in [0.4, 0.5) is 15.9 Å². The zero-order valence-electron chi connectivity index (χ0n) is 19.8. The van der Waals surface area contributed by atoms with E-state index in [0.717, 1.165) is 0 Å². The van der Waals surface area contributed by atoms with Crippen LogP contribution in [0.3, 0.4) is 0 Å². The average Bonchev–Trinajstić information content (AvgIpc) is 3.34. The Balaban J connectivity index is 1.36. The van der Waals surface area contributed by atoms with E-state index in [1.54, 1.807) is 58.2 Å². The van der Waals surface area contributed by atoms with Crippen LogP contribution in [-0.4, -0.2) is 56.5 Å². The highest BCUT2D eigenvalue weighted by Crippen LogP contribution is 2.30. The number of halogens is 2. The summed E-state index contributed by atoms with van der Waals surface area (Å²) in [4.78, 5) is 34.6. The SMILES string of the molecule is COc1ccc(-c2cnc3c(Nc4ccc(C(=O)N5CCC(C(=O)O)CC5)c(Cl)c4)nccn23)cc1F. The Morgan fingerprint density at radius 3 is 2.62 bits per heavy atom. The Hall–Kier alpha value is -4.18. The standard InChI is InChI=1S/C26H23ClFN5O4/c1-37-22-5-2-16(12-20(22)28)21-14-30-24-23(29-8-11-33(21)24)31-17-3-4-18(19(27)13-17)25(34)32-9-6-15(7-10-32)26(35)36/h2-5,8,11-15H,6-7,9-10H2,1H3,(H,29,31)(H,35,36). The number of likely N-dealkylation sites (tertiary alicyclic amines) is 1. The summed E-state index contributed by atoms with van der Waals surface area (Å²) in [5.41, 5.74) is 2.77. The number of anilines is 2. The molecule has 1 aliphatic heterocycles. The van der Waals surface area contributed by atoms with E-state index in [2.05, 4.69) is 15.3 Å². The summed E-state index contributed by atoms with van der Waals surface area (Å²) in [5, 5.41) is 12.6. The number of carbonyl (C=O) groups is 2. The number of fused-ring (bicyclic) bond motifs is 1. The quantitative estimate of drug-likeness (QED) is 0.371. The van der Waals surface area contributed by atoms with Crippen LogP contribution in [-0.2, 0) is 4.79 Å². The van der Waals surface area contributed by atoms with Gasteiger partial charge in [0, 0.05) is 36.7 Å². The number of rotatable bonds is 6. The molecular formula is C26H23ClFN5O4. The van der Waals surface area contributed by atoms with Gasteiger partial charge in [-0.05, 0) is 49.2 Å². The minimum Gasteiger partial charge on any atom is -0.494 e. The highest BCUT2D eigenvalue weighted by atomic mass is 35.5. The molecule has 2 aromatic heterocycles. The highest BCUT2D eigenvalue weighted by molar-refractivity contribution is 6.34. The Kier molecular flexibility index (Phi) is 6.66. The number of hydrogen-bond acceptors (Lipinski definition) is 6. The van der Waals surface area contributed by atoms with Crippen molar-refractivity contribution in [3.05, 3.63) is 71.4 Å². The van der Waals surface area contributed by atoms with Crippen molar-refractivity contribution in [2.24, 2.45) is 5.92 Å². The summed E-state index contributed by atoms with van der Waals surface area (Å²) in [6, 6.07) is 9.68. The van der Waals surface area contributed by atoms with Gasteiger partial charge in [-0.15, -0.1) is 0 Å². The number of aliphatic carboxylic acids is 1. The number of aromatic nitrogens is 3. The molecule has 3 heterocycles. The number of imidazole rings is 1. The third-order valence-electron chi connectivity index (χ3n) is 6.47. The Labute approximate surface area is 216 Å². The summed E-state index contributed by atoms with van der Waals surface area (Å²) in [5.74, 6) is -1.35. The minimum atomic E-state index is -0.829. The molecule has 0 radical (unpaired) electrons. The first-order chi connectivity index (χ1) is 17.9. The number of carboxylic acids is 1. The van der Waals surface area contributed by atoms with Crippen molar-refractivity contribution in [2.45, 2.75) is 12.8 Å². The maximum absolute atomic E-state index is 14.3. The van der Waals surface area contributed by atoms with Gasteiger partial charge in [0.05, 0.1) is 35.5 Å². The third kappa shape index (κ3) is 4.79. The molecule has 1 aliphatic rings. The van der Waals surface area contributed by atoms with Crippen LogP contribution in [0.5, 0.6) is 5.75 Å². The molecule has 0 unspecified atom stereocenters. The lowest BCUT2D eigenvalue weighted by molar-refractivity contribution is -0.143. The predicted molar refractivity (Wildman–Crippen MR) is 136 cm³/mol. The second-order valence-corrected chi connectivity index (χ2v) is 9.09. The lowest BCUT2D eigenvalue weighted by atomic mass is 9.96. The number of carboxylic acid groups (broad SMARTS) is 1. The molecule has 0 bridgehead atoms. The monoisotopic (exact) mass is 523 g/mol. The Bertz CT molecular complexity index is 1500. The summed E-state index contributed by atoms with van der Waals surface area (Å²) in [6.07, 6.45) is 5.80. The highest BCUT2D eigenvalue weighted by Gasteiger charge is 2.28. The van der Waals surface area contributed by atoms with Gasteiger partial charge in [0.15, 0.2) is 23.0 Å². The van der Waals surface area contributed by atoms with E-state index in [0.29, 0.717) is 59.9 Å². The fourth-order valence-electron chi connectivity index (χ4n) is 4.45. The van der Waals surface area contributed by atoms with Crippen molar-refractivity contribution in [3.63, 3.8) is 0 Å². The maximum Gasteiger partial charge on any atom is 0.306 e. The first-order valence-corrected chi connectivity index (χ1v) is 12.0. The molecule has 2 aromatic carbocycles. The summed E-state index contributed by atoms with van der Waals surface area (Å²) in [6.45, 7) is 0.747. The van der Waals surface area contributed by atoms with Crippen molar-refractivity contribution < 1.29 is 23.8 Å². The van der Waals surface area contributed by atoms with Crippen molar-refractivity contribution in [3.8, 4) is 17.0 Å². The largest absolute Gasteiger partial charge is 0.494 e. The number of benzene rings is 2. The molecule has 0 aliphatic carbocycles. The molecule has 190 valence electrons. The van der Waals surface area contributed by atoms with Gasteiger partial charge in [0.25, 0.3) is 5.91 Å². The molecule has 0 atom stereocenters. The van der Waals surface area contributed by atoms with Crippen LogP contribution in [0, 0.1) is 11.7 Å². The summed E-state index contributed by atoms with van der Waals surface area (Å²) in [7, 11) is 1.41. The van der Waals surface area contributed by atoms with Crippen LogP contribution in [0.25, 0.3) is 16.9 Å². The zero-order valence-corrected chi connectivity index (χ0v) is 20.6. The lowest BCUT2D eigenvalue weighted by Crippen LogP contribution is -2.40. The van der Waals surface area contributed by atoms with E-state index in [1.165, 1.54) is 13.2 Å². The number of carbonyl (C=O) groups excluding carboxylic acids is 1. The van der Waals surface area contributed by atoms with Crippen LogP contribution in [0.2, 0.25) is 5.02 Å². The van der Waals surface area contributed by atoms with Gasteiger partial charge in [-0.2, -0.15) is 0 Å². The number of piperidine rings is 1. The molecule has 37 heavy (non-hydrogen) atoms. The molecule has 1 fully saturated rings. The van der Waals surface area contributed by atoms with E-state index in [4.69, 9.17) is 21.4 Å². The molecule has 9 nitrogen and oxygen atoms in total. The topological polar surface area (TPSA) is 109 Å². The second-order valence-electron chi connectivity index (χ2n) is 8.69. The van der Waals surface area contributed by atoms with Crippen molar-refractivity contribution in [1.29, 1.82) is 0 Å². The van der Waals surface area contributed by atoms with E-state index >= 15 is 0 Å². The maximum atomic E-state index is 14.3. The van der Waals surface area contributed by atoms with Crippen LogP contribution in [0.1, 0.15) is 23.2 Å². The molecular weight excluding hydrogens is 501 g/mol. The smallest absolute Gasteiger partial charge is 0.306 e. The molecule has 11 heteroatoms. The van der Waals surface area contributed by atoms with Gasteiger partial charge >= 0.3 is 5.97 Å². The Morgan fingerprint density at radius 1 is 1.16 bits per heavy atom. The fourth-order valence-corrected chi connectivity index (χ4v) is 4.71. The van der Waals surface area contributed by atoms with Gasteiger partial charge in [-0.3, -0.25) is 14.0 Å². The number of hydrogen-bond donors (Lipinski definition) is 2. The molecule has 1 amide bonds. The first-order valence-electron chi connectivity index (χ1n) is 11.6. The van der Waals surface area contributed by atoms with Crippen LogP contribution < -0.4 is 10.1 Å². The van der Waals surface area contributed by atoms with E-state index in [9.17, 15) is 14.0 Å². The van der Waals surface area contributed by atoms with Crippen molar-refractivity contribution in [1.82, 2.24) is 19.3 Å². The molecule has 0 spiro atoms. The van der Waals surface area contributed by atoms with Gasteiger partial charge < -0.3 is 20.1 Å². The minimum absolute atomic E-state index is 0.158. The molecule has 4 aromatic rings. The molecule has 0 saturated carbocycles. The molecule has 2 N–H and O–H groups in total. The summed E-state index contributed by atoms with van der Waals surface area (Å²) >= 11 is 6.46. The Morgan fingerprint density at radius 2 is 1.95 bits per heavy atom. The summed E-state index contributed by atoms with van der Waals surface area (Å²) < 4.78 is 21.0. The third-order valence-corrected chi connectivity index (χ3v) is 6.78. The second kappa shape index (κ2) is 10.1. The van der Waals surface area contributed by atoms with Crippen LogP contribution in [0.15, 0.2) is 55.0 Å². The number of methoxy groups -OCH3 is 1. The number of ether oxygens (including phenoxy) is 1. The predicted octanol–water partition coefficient (Wildman–Crippen LogP) is 4.88. The van der Waals surface area contributed by atoms with Crippen LogP contribution >= 0.6 is 11.6 Å². The van der Waals surface area contributed by atoms with Gasteiger partial charge in [-0.1, -0.05) is 11.6 Å². The van der Waals surface area contributed by atoms with Gasteiger partial charge in [0.1, 0.15) is 0 Å². The van der Waals surface area contributed by atoms with Gasteiger partial charge in [0.2, 0.25) is 0 Å². The van der Waals surface area contributed by atoms with E-state index < -0.39 is 17.7 Å². The van der Waals surface area contributed by atoms with Gasteiger partial charge in [-0.25, -0.2) is 14.4 Å². The van der Waals surface area contributed by atoms with Crippen molar-refractivity contribution in [2.75, 3.05) is 25.5 Å². The van der Waals surface area contributed by atoms with E-state index in [1.807, 2.05) is 0 Å².